The lowest BCUT2D eigenvalue weighted by molar-refractivity contribution is 0.988. The van der Waals surface area contributed by atoms with Gasteiger partial charge in [0, 0.05) is 46.5 Å². The van der Waals surface area contributed by atoms with Crippen molar-refractivity contribution >= 4 is 49.9 Å². The fraction of sp³-hybridized carbons (Fsp3) is 0. The van der Waals surface area contributed by atoms with Crippen LogP contribution in [0.4, 0.5) is 17.3 Å². The zero-order chi connectivity index (χ0) is 23.6. The summed E-state index contributed by atoms with van der Waals surface area (Å²) in [7, 11) is 0. The van der Waals surface area contributed by atoms with Crippen LogP contribution in [0, 0.1) is 0 Å². The highest BCUT2D eigenvalue weighted by molar-refractivity contribution is 6.18. The van der Waals surface area contributed by atoms with Gasteiger partial charge in [0.25, 0.3) is 0 Å². The summed E-state index contributed by atoms with van der Waals surface area (Å²) in [4.78, 5) is 20.6. The van der Waals surface area contributed by atoms with Gasteiger partial charge in [-0.3, -0.25) is 9.47 Å². The van der Waals surface area contributed by atoms with E-state index >= 15 is 0 Å². The standard InChI is InChI=1S/C30H18N6/c1-2-11-24-20(9-1)22-17-23-21-10-3-7-19-8-4-12-25(28(19)21)36(30-33-15-6-16-34-30)27(23)18-26(22)35(24)29-31-13-5-14-32-29/h1-18H. The van der Waals surface area contributed by atoms with Gasteiger partial charge in [0.2, 0.25) is 11.9 Å². The molecule has 0 aliphatic carbocycles. The molecule has 0 spiro atoms. The minimum atomic E-state index is 0.638. The van der Waals surface area contributed by atoms with Gasteiger partial charge in [-0.1, -0.05) is 48.5 Å². The van der Waals surface area contributed by atoms with E-state index in [1.165, 1.54) is 16.3 Å². The number of hydrogen-bond donors (Lipinski definition) is 0. The molecule has 7 aromatic rings. The Bertz CT molecular complexity index is 1940. The van der Waals surface area contributed by atoms with Gasteiger partial charge >= 0.3 is 0 Å². The van der Waals surface area contributed by atoms with Crippen LogP contribution in [0.15, 0.2) is 110 Å². The van der Waals surface area contributed by atoms with Crippen molar-refractivity contribution in [3.05, 3.63) is 110 Å². The molecule has 6 nitrogen and oxygen atoms in total. The van der Waals surface area contributed by atoms with Crippen molar-refractivity contribution in [3.63, 3.8) is 0 Å². The highest BCUT2D eigenvalue weighted by Gasteiger charge is 2.29. The van der Waals surface area contributed by atoms with Crippen LogP contribution in [0.2, 0.25) is 0 Å². The first-order valence-corrected chi connectivity index (χ1v) is 11.8. The van der Waals surface area contributed by atoms with Gasteiger partial charge in [-0.2, -0.15) is 0 Å². The third-order valence-electron chi connectivity index (χ3n) is 6.95. The lowest BCUT2D eigenvalue weighted by atomic mass is 9.90. The molecule has 0 amide bonds. The van der Waals surface area contributed by atoms with E-state index in [2.05, 4.69) is 102 Å². The van der Waals surface area contributed by atoms with Crippen molar-refractivity contribution in [1.82, 2.24) is 24.5 Å². The quantitative estimate of drug-likeness (QED) is 0.278. The van der Waals surface area contributed by atoms with Crippen molar-refractivity contribution in [1.29, 1.82) is 0 Å². The van der Waals surface area contributed by atoms with E-state index in [9.17, 15) is 0 Å². The second-order valence-corrected chi connectivity index (χ2v) is 8.85. The molecule has 0 N–H and O–H groups in total. The summed E-state index contributed by atoms with van der Waals surface area (Å²) in [6.45, 7) is 0. The van der Waals surface area contributed by atoms with Gasteiger partial charge in [-0.05, 0) is 47.3 Å². The van der Waals surface area contributed by atoms with E-state index < -0.39 is 0 Å². The van der Waals surface area contributed by atoms with Crippen LogP contribution in [0.25, 0.3) is 49.7 Å². The Kier molecular flexibility index (Phi) is 3.85. The molecule has 1 aliphatic rings. The van der Waals surface area contributed by atoms with E-state index in [1.807, 2.05) is 12.1 Å². The lowest BCUT2D eigenvalue weighted by Gasteiger charge is -2.32. The fourth-order valence-electron chi connectivity index (χ4n) is 5.51. The minimum Gasteiger partial charge on any atom is -0.278 e. The Morgan fingerprint density at radius 2 is 1.22 bits per heavy atom. The molecule has 0 fully saturated rings. The molecule has 0 radical (unpaired) electrons. The lowest BCUT2D eigenvalue weighted by Crippen LogP contribution is -2.17. The summed E-state index contributed by atoms with van der Waals surface area (Å²) in [6, 6.07) is 29.5. The molecule has 8 rings (SSSR count). The van der Waals surface area contributed by atoms with Gasteiger partial charge < -0.3 is 0 Å². The average Bonchev–Trinajstić information content (AvgIpc) is 3.27. The van der Waals surface area contributed by atoms with Gasteiger partial charge in [0.15, 0.2) is 0 Å². The van der Waals surface area contributed by atoms with Gasteiger partial charge in [0.05, 0.1) is 22.4 Å². The Hall–Kier alpha value is -5.10. The van der Waals surface area contributed by atoms with Crippen LogP contribution in [-0.4, -0.2) is 24.5 Å². The fourth-order valence-corrected chi connectivity index (χ4v) is 5.51. The number of anilines is 3. The Balaban J connectivity index is 1.56. The molecule has 4 heterocycles. The normalized spacial score (nSPS) is 12.4. The topological polar surface area (TPSA) is 59.7 Å². The second kappa shape index (κ2) is 7.20. The molecule has 0 bridgehead atoms. The van der Waals surface area contributed by atoms with Crippen molar-refractivity contribution < 1.29 is 0 Å². The predicted octanol–water partition coefficient (Wildman–Crippen LogP) is 6.97. The van der Waals surface area contributed by atoms with Crippen molar-refractivity contribution in [3.8, 4) is 17.1 Å². The molecule has 168 valence electrons. The molecule has 1 aliphatic heterocycles. The third-order valence-corrected chi connectivity index (χ3v) is 6.95. The van der Waals surface area contributed by atoms with Gasteiger partial charge in [-0.25, -0.2) is 19.9 Å². The maximum atomic E-state index is 4.65. The molecule has 0 saturated carbocycles. The van der Waals surface area contributed by atoms with Crippen molar-refractivity contribution in [2.75, 3.05) is 4.90 Å². The molecular weight excluding hydrogens is 444 g/mol. The number of fused-ring (bicyclic) bond motifs is 5. The van der Waals surface area contributed by atoms with Crippen molar-refractivity contribution in [2.45, 2.75) is 0 Å². The first-order chi connectivity index (χ1) is 17.9. The van der Waals surface area contributed by atoms with Crippen LogP contribution in [0.5, 0.6) is 0 Å². The number of para-hydroxylation sites is 1. The Labute approximate surface area is 206 Å². The maximum Gasteiger partial charge on any atom is 0.234 e. The molecule has 36 heavy (non-hydrogen) atoms. The molecule has 0 saturated heterocycles. The molecule has 0 atom stereocenters. The monoisotopic (exact) mass is 462 g/mol. The zero-order valence-corrected chi connectivity index (χ0v) is 19.1. The highest BCUT2D eigenvalue weighted by Crippen LogP contribution is 2.51. The first-order valence-electron chi connectivity index (χ1n) is 11.8. The van der Waals surface area contributed by atoms with E-state index in [4.69, 9.17) is 0 Å². The van der Waals surface area contributed by atoms with E-state index in [-0.39, 0.29) is 0 Å². The number of rotatable bonds is 2. The highest BCUT2D eigenvalue weighted by atomic mass is 15.3. The van der Waals surface area contributed by atoms with Crippen LogP contribution < -0.4 is 4.90 Å². The summed E-state index contributed by atoms with van der Waals surface area (Å²) in [5, 5.41) is 4.71. The average molecular weight is 463 g/mol. The number of nitrogens with zero attached hydrogens (tertiary/aromatic N) is 6. The predicted molar refractivity (Wildman–Crippen MR) is 143 cm³/mol. The van der Waals surface area contributed by atoms with Gasteiger partial charge in [0.1, 0.15) is 0 Å². The Morgan fingerprint density at radius 3 is 2.03 bits per heavy atom. The number of aromatic nitrogens is 5. The van der Waals surface area contributed by atoms with Crippen LogP contribution in [0.1, 0.15) is 0 Å². The third kappa shape index (κ3) is 2.55. The van der Waals surface area contributed by atoms with Crippen LogP contribution >= 0.6 is 0 Å². The Morgan fingerprint density at radius 1 is 0.500 bits per heavy atom. The van der Waals surface area contributed by atoms with Gasteiger partial charge in [-0.15, -0.1) is 0 Å². The molecule has 4 aromatic carbocycles. The number of hydrogen-bond acceptors (Lipinski definition) is 5. The van der Waals surface area contributed by atoms with E-state index in [0.29, 0.717) is 11.9 Å². The van der Waals surface area contributed by atoms with Crippen LogP contribution in [-0.2, 0) is 0 Å². The largest absolute Gasteiger partial charge is 0.278 e. The zero-order valence-electron chi connectivity index (χ0n) is 19.1. The van der Waals surface area contributed by atoms with Crippen molar-refractivity contribution in [2.24, 2.45) is 0 Å². The van der Waals surface area contributed by atoms with E-state index in [0.717, 1.165) is 38.7 Å². The summed E-state index contributed by atoms with van der Waals surface area (Å²) in [5.74, 6) is 1.28. The molecule has 0 unspecified atom stereocenters. The number of benzene rings is 4. The summed E-state index contributed by atoms with van der Waals surface area (Å²) in [6.07, 6.45) is 7.14. The summed E-state index contributed by atoms with van der Waals surface area (Å²) >= 11 is 0. The molecule has 6 heteroatoms. The molecule has 3 aromatic heterocycles. The first kappa shape index (κ1) is 19.2. The maximum absolute atomic E-state index is 4.65. The second-order valence-electron chi connectivity index (χ2n) is 8.85. The SMILES string of the molecule is c1cnc(N2c3cc4c(cc3-c3cccc5cccc2c35)c2ccccc2n4-c2ncccn2)nc1. The minimum absolute atomic E-state index is 0.638. The van der Waals surface area contributed by atoms with E-state index in [1.54, 1.807) is 24.8 Å². The smallest absolute Gasteiger partial charge is 0.234 e. The van der Waals surface area contributed by atoms with Crippen LogP contribution in [0.3, 0.4) is 0 Å². The summed E-state index contributed by atoms with van der Waals surface area (Å²) in [5.41, 5.74) is 6.56. The molecular formula is C30H18N6. The summed E-state index contributed by atoms with van der Waals surface area (Å²) < 4.78 is 2.13.